The van der Waals surface area contributed by atoms with Crippen molar-refractivity contribution >= 4 is 11.9 Å². The van der Waals surface area contributed by atoms with Gasteiger partial charge < -0.3 is 10.1 Å². The van der Waals surface area contributed by atoms with Crippen molar-refractivity contribution in [1.29, 1.82) is 0 Å². The van der Waals surface area contributed by atoms with E-state index in [2.05, 4.69) is 12.2 Å². The van der Waals surface area contributed by atoms with Crippen LogP contribution in [0.4, 0.5) is 0 Å². The van der Waals surface area contributed by atoms with Crippen molar-refractivity contribution in [2.75, 3.05) is 0 Å². The second-order valence-electron chi connectivity index (χ2n) is 5.59. The van der Waals surface area contributed by atoms with Gasteiger partial charge in [-0.25, -0.2) is 4.79 Å². The fraction of sp³-hybridized carbons (Fsp3) is 0.529. The van der Waals surface area contributed by atoms with Crippen LogP contribution < -0.4 is 5.32 Å². The topological polar surface area (TPSA) is 55.4 Å². The molecule has 2 rings (SSSR count). The van der Waals surface area contributed by atoms with E-state index in [1.165, 1.54) is 5.56 Å². The molecule has 4 heteroatoms. The third-order valence-corrected chi connectivity index (χ3v) is 3.95. The molecule has 114 valence electrons. The summed E-state index contributed by atoms with van der Waals surface area (Å²) in [6, 6.07) is 7.52. The van der Waals surface area contributed by atoms with Gasteiger partial charge in [0.2, 0.25) is 0 Å². The number of carbonyl (C=O) groups is 2. The molecule has 1 aromatic carbocycles. The molecule has 4 nitrogen and oxygen atoms in total. The number of aryl methyl sites for hydroxylation is 1. The molecule has 0 saturated heterocycles. The Bertz CT molecular complexity index is 489. The van der Waals surface area contributed by atoms with Crippen molar-refractivity contribution < 1.29 is 14.3 Å². The van der Waals surface area contributed by atoms with E-state index >= 15 is 0 Å². The molecule has 0 radical (unpaired) electrons. The van der Waals surface area contributed by atoms with Gasteiger partial charge in [0.1, 0.15) is 0 Å². The molecule has 1 aromatic rings. The molecule has 0 aliphatic heterocycles. The molecule has 1 N–H and O–H groups in total. The number of benzene rings is 1. The van der Waals surface area contributed by atoms with E-state index < -0.39 is 12.1 Å². The first-order valence-corrected chi connectivity index (χ1v) is 7.70. The van der Waals surface area contributed by atoms with Gasteiger partial charge >= 0.3 is 5.97 Å². The maximum atomic E-state index is 12.0. The normalized spacial score (nSPS) is 16.5. The molecule has 0 spiro atoms. The summed E-state index contributed by atoms with van der Waals surface area (Å²) in [5, 5.41) is 2.94. The summed E-state index contributed by atoms with van der Waals surface area (Å²) < 4.78 is 5.23. The molecule has 1 amide bonds. The van der Waals surface area contributed by atoms with Crippen LogP contribution in [-0.2, 0) is 16.0 Å². The van der Waals surface area contributed by atoms with Crippen molar-refractivity contribution in [2.45, 2.75) is 58.1 Å². The predicted octanol–water partition coefficient (Wildman–Crippen LogP) is 2.85. The maximum absolute atomic E-state index is 12.0. The monoisotopic (exact) mass is 289 g/mol. The molecule has 0 bridgehead atoms. The molecule has 1 fully saturated rings. The number of carbonyl (C=O) groups excluding carboxylic acids is 2. The van der Waals surface area contributed by atoms with E-state index in [-0.39, 0.29) is 11.9 Å². The van der Waals surface area contributed by atoms with Gasteiger partial charge in [0.15, 0.2) is 6.10 Å². The van der Waals surface area contributed by atoms with Gasteiger partial charge in [0.25, 0.3) is 5.91 Å². The average Bonchev–Trinajstić information content (AvgIpc) is 3.00. The number of esters is 1. The molecule has 21 heavy (non-hydrogen) atoms. The first-order chi connectivity index (χ1) is 10.1. The maximum Gasteiger partial charge on any atom is 0.338 e. The molecule has 0 unspecified atom stereocenters. The number of ether oxygens (including phenoxy) is 1. The molecular formula is C17H23NO3. The number of hydrogen-bond acceptors (Lipinski definition) is 3. The third-order valence-electron chi connectivity index (χ3n) is 3.95. The highest BCUT2D eigenvalue weighted by molar-refractivity contribution is 5.92. The summed E-state index contributed by atoms with van der Waals surface area (Å²) in [6.07, 6.45) is 4.51. The molecule has 0 aromatic heterocycles. The largest absolute Gasteiger partial charge is 0.449 e. The van der Waals surface area contributed by atoms with E-state index in [0.29, 0.717) is 5.56 Å². The van der Waals surface area contributed by atoms with Crippen LogP contribution in [0.5, 0.6) is 0 Å². The number of rotatable bonds is 5. The zero-order chi connectivity index (χ0) is 15.2. The van der Waals surface area contributed by atoms with Gasteiger partial charge in [-0.05, 0) is 43.9 Å². The standard InChI is InChI=1S/C17H23NO3/c1-3-13-8-10-14(11-9-13)17(20)21-12(2)16(19)18-15-6-4-5-7-15/h8-12,15H,3-7H2,1-2H3,(H,18,19)/t12-/m0/s1. The van der Waals surface area contributed by atoms with Crippen molar-refractivity contribution in [3.63, 3.8) is 0 Å². The van der Waals surface area contributed by atoms with E-state index in [4.69, 9.17) is 4.74 Å². The van der Waals surface area contributed by atoms with Crippen LogP contribution in [0.2, 0.25) is 0 Å². The van der Waals surface area contributed by atoms with Crippen LogP contribution in [0.3, 0.4) is 0 Å². The summed E-state index contributed by atoms with van der Waals surface area (Å²) in [6.45, 7) is 3.67. The van der Waals surface area contributed by atoms with Crippen molar-refractivity contribution in [1.82, 2.24) is 5.32 Å². The Morgan fingerprint density at radius 1 is 1.24 bits per heavy atom. The molecule has 1 saturated carbocycles. The Kier molecular flexibility index (Phi) is 5.37. The van der Waals surface area contributed by atoms with Crippen LogP contribution >= 0.6 is 0 Å². The Morgan fingerprint density at radius 3 is 2.43 bits per heavy atom. The van der Waals surface area contributed by atoms with Crippen LogP contribution in [0, 0.1) is 0 Å². The van der Waals surface area contributed by atoms with Crippen molar-refractivity contribution in [2.24, 2.45) is 0 Å². The van der Waals surface area contributed by atoms with Gasteiger partial charge in [0, 0.05) is 6.04 Å². The van der Waals surface area contributed by atoms with E-state index in [1.54, 1.807) is 19.1 Å². The highest BCUT2D eigenvalue weighted by Gasteiger charge is 2.23. The first kappa shape index (κ1) is 15.5. The molecule has 1 atom stereocenters. The minimum Gasteiger partial charge on any atom is -0.449 e. The van der Waals surface area contributed by atoms with Gasteiger partial charge in [0.05, 0.1) is 5.56 Å². The molecule has 1 aliphatic carbocycles. The summed E-state index contributed by atoms with van der Waals surface area (Å²) in [4.78, 5) is 24.0. The van der Waals surface area contributed by atoms with Gasteiger partial charge in [-0.3, -0.25) is 4.79 Å². The molecule has 1 aliphatic rings. The van der Waals surface area contributed by atoms with Gasteiger partial charge in [-0.1, -0.05) is 31.9 Å². The molecular weight excluding hydrogens is 266 g/mol. The summed E-state index contributed by atoms with van der Waals surface area (Å²) >= 11 is 0. The van der Waals surface area contributed by atoms with E-state index in [0.717, 1.165) is 32.1 Å². The summed E-state index contributed by atoms with van der Waals surface area (Å²) in [7, 11) is 0. The third kappa shape index (κ3) is 4.31. The lowest BCUT2D eigenvalue weighted by Crippen LogP contribution is -2.40. The lowest BCUT2D eigenvalue weighted by atomic mass is 10.1. The zero-order valence-corrected chi connectivity index (χ0v) is 12.7. The summed E-state index contributed by atoms with van der Waals surface area (Å²) in [5.41, 5.74) is 1.64. The van der Waals surface area contributed by atoms with Crippen LogP contribution in [0.15, 0.2) is 24.3 Å². The van der Waals surface area contributed by atoms with Crippen LogP contribution in [0.1, 0.15) is 55.5 Å². The lowest BCUT2D eigenvalue weighted by molar-refractivity contribution is -0.129. The predicted molar refractivity (Wildman–Crippen MR) is 81.1 cm³/mol. The van der Waals surface area contributed by atoms with Gasteiger partial charge in [-0.2, -0.15) is 0 Å². The fourth-order valence-electron chi connectivity index (χ4n) is 2.55. The zero-order valence-electron chi connectivity index (χ0n) is 12.7. The number of hydrogen-bond donors (Lipinski definition) is 1. The minimum atomic E-state index is -0.760. The second-order valence-corrected chi connectivity index (χ2v) is 5.59. The fourth-order valence-corrected chi connectivity index (χ4v) is 2.55. The Balaban J connectivity index is 1.86. The highest BCUT2D eigenvalue weighted by atomic mass is 16.5. The average molecular weight is 289 g/mol. The Hall–Kier alpha value is -1.84. The van der Waals surface area contributed by atoms with Crippen molar-refractivity contribution in [3.05, 3.63) is 35.4 Å². The van der Waals surface area contributed by atoms with E-state index in [9.17, 15) is 9.59 Å². The molecule has 0 heterocycles. The quantitative estimate of drug-likeness (QED) is 0.848. The van der Waals surface area contributed by atoms with Gasteiger partial charge in [-0.15, -0.1) is 0 Å². The minimum absolute atomic E-state index is 0.208. The summed E-state index contributed by atoms with van der Waals surface area (Å²) in [5.74, 6) is -0.660. The lowest BCUT2D eigenvalue weighted by Gasteiger charge is -2.17. The highest BCUT2D eigenvalue weighted by Crippen LogP contribution is 2.18. The van der Waals surface area contributed by atoms with Crippen LogP contribution in [0.25, 0.3) is 0 Å². The first-order valence-electron chi connectivity index (χ1n) is 7.70. The van der Waals surface area contributed by atoms with Crippen molar-refractivity contribution in [3.8, 4) is 0 Å². The SMILES string of the molecule is CCc1ccc(C(=O)O[C@@H](C)C(=O)NC2CCCC2)cc1. The Labute approximate surface area is 125 Å². The van der Waals surface area contributed by atoms with E-state index in [1.807, 2.05) is 12.1 Å². The number of nitrogens with one attached hydrogen (secondary N) is 1. The number of amides is 1. The smallest absolute Gasteiger partial charge is 0.338 e. The van der Waals surface area contributed by atoms with Crippen LogP contribution in [-0.4, -0.2) is 24.0 Å². The second kappa shape index (κ2) is 7.25. The Morgan fingerprint density at radius 2 is 1.86 bits per heavy atom.